The normalized spacial score (nSPS) is 26.7. The molecule has 2 amide bonds. The summed E-state index contributed by atoms with van der Waals surface area (Å²) in [7, 11) is 0. The monoisotopic (exact) mass is 292 g/mol. The molecular weight excluding hydrogens is 268 g/mol. The maximum absolute atomic E-state index is 12.1. The molecule has 2 saturated heterocycles. The molecule has 0 saturated carbocycles. The fourth-order valence-corrected chi connectivity index (χ4v) is 2.90. The van der Waals surface area contributed by atoms with Crippen molar-refractivity contribution in [3.05, 3.63) is 0 Å². The standard InChI is InChI=1S/C16H24N2O3/c1-5-12-9-14(19)18(10-12)13-7-6-8-17(11-13)15(20)21-16(2,3)4/h1,12-13H,6-11H2,2-4H3. The Labute approximate surface area is 126 Å². The number of likely N-dealkylation sites (tertiary alicyclic amines) is 2. The van der Waals surface area contributed by atoms with Crippen molar-refractivity contribution in [3.8, 4) is 12.3 Å². The fourth-order valence-electron chi connectivity index (χ4n) is 2.90. The van der Waals surface area contributed by atoms with Gasteiger partial charge in [0.25, 0.3) is 0 Å². The third-order valence-electron chi connectivity index (χ3n) is 3.88. The highest BCUT2D eigenvalue weighted by Crippen LogP contribution is 2.25. The minimum atomic E-state index is -0.498. The van der Waals surface area contributed by atoms with Gasteiger partial charge >= 0.3 is 6.09 Å². The van der Waals surface area contributed by atoms with Crippen LogP contribution in [0.4, 0.5) is 4.79 Å². The number of rotatable bonds is 1. The van der Waals surface area contributed by atoms with Crippen molar-refractivity contribution >= 4 is 12.0 Å². The third kappa shape index (κ3) is 3.90. The van der Waals surface area contributed by atoms with Crippen molar-refractivity contribution in [2.45, 2.75) is 51.7 Å². The molecule has 2 heterocycles. The van der Waals surface area contributed by atoms with E-state index in [2.05, 4.69) is 5.92 Å². The molecule has 2 aliphatic rings. The molecule has 2 aliphatic heterocycles. The van der Waals surface area contributed by atoms with Crippen LogP contribution in [0.25, 0.3) is 0 Å². The number of hydrogen-bond acceptors (Lipinski definition) is 3. The molecule has 0 radical (unpaired) electrons. The second-order valence-electron chi connectivity index (χ2n) is 6.84. The van der Waals surface area contributed by atoms with Crippen molar-refractivity contribution in [2.75, 3.05) is 19.6 Å². The fraction of sp³-hybridized carbons (Fsp3) is 0.750. The van der Waals surface area contributed by atoms with Gasteiger partial charge in [-0.1, -0.05) is 0 Å². The summed E-state index contributed by atoms with van der Waals surface area (Å²) in [6, 6.07) is 0.0668. The van der Waals surface area contributed by atoms with Crippen LogP contribution in [0, 0.1) is 18.3 Å². The molecule has 116 valence electrons. The van der Waals surface area contributed by atoms with Crippen LogP contribution in [-0.2, 0) is 9.53 Å². The minimum absolute atomic E-state index is 0.00871. The van der Waals surface area contributed by atoms with E-state index in [9.17, 15) is 9.59 Å². The van der Waals surface area contributed by atoms with E-state index in [0.717, 1.165) is 12.8 Å². The number of terminal acetylenes is 1. The lowest BCUT2D eigenvalue weighted by molar-refractivity contribution is -0.130. The second kappa shape index (κ2) is 5.97. The van der Waals surface area contributed by atoms with Crippen LogP contribution in [0.15, 0.2) is 0 Å². The van der Waals surface area contributed by atoms with Gasteiger partial charge in [0.2, 0.25) is 5.91 Å². The van der Waals surface area contributed by atoms with Gasteiger partial charge in [0.05, 0.1) is 0 Å². The molecule has 2 unspecified atom stereocenters. The predicted molar refractivity (Wildman–Crippen MR) is 79.5 cm³/mol. The van der Waals surface area contributed by atoms with Gasteiger partial charge in [-0.3, -0.25) is 4.79 Å². The molecule has 2 atom stereocenters. The quantitative estimate of drug-likeness (QED) is 0.693. The van der Waals surface area contributed by atoms with Crippen LogP contribution in [0.5, 0.6) is 0 Å². The van der Waals surface area contributed by atoms with Gasteiger partial charge in [0.1, 0.15) is 5.60 Å². The number of amides is 2. The van der Waals surface area contributed by atoms with E-state index in [1.54, 1.807) is 4.90 Å². The Morgan fingerprint density at radius 2 is 2.10 bits per heavy atom. The summed E-state index contributed by atoms with van der Waals surface area (Å²) in [6.07, 6.45) is 7.35. The Kier molecular flexibility index (Phi) is 4.46. The Morgan fingerprint density at radius 3 is 2.67 bits per heavy atom. The summed E-state index contributed by atoms with van der Waals surface area (Å²) < 4.78 is 5.41. The lowest BCUT2D eigenvalue weighted by atomic mass is 10.0. The molecule has 2 fully saturated rings. The second-order valence-corrected chi connectivity index (χ2v) is 6.84. The van der Waals surface area contributed by atoms with Crippen LogP contribution in [0.3, 0.4) is 0 Å². The molecule has 21 heavy (non-hydrogen) atoms. The summed E-state index contributed by atoms with van der Waals surface area (Å²) in [5, 5.41) is 0. The molecular formula is C16H24N2O3. The zero-order valence-electron chi connectivity index (χ0n) is 13.1. The highest BCUT2D eigenvalue weighted by atomic mass is 16.6. The zero-order valence-corrected chi connectivity index (χ0v) is 13.1. The molecule has 0 spiro atoms. The Bertz CT molecular complexity index is 461. The molecule has 0 aromatic heterocycles. The number of hydrogen-bond donors (Lipinski definition) is 0. The number of carbonyl (C=O) groups is 2. The Morgan fingerprint density at radius 1 is 1.38 bits per heavy atom. The topological polar surface area (TPSA) is 49.9 Å². The van der Waals surface area contributed by atoms with Crippen molar-refractivity contribution in [2.24, 2.45) is 5.92 Å². The summed E-state index contributed by atoms with van der Waals surface area (Å²) in [4.78, 5) is 27.7. The smallest absolute Gasteiger partial charge is 0.410 e. The van der Waals surface area contributed by atoms with E-state index < -0.39 is 5.60 Å². The maximum atomic E-state index is 12.1. The summed E-state index contributed by atoms with van der Waals surface area (Å²) >= 11 is 0. The van der Waals surface area contributed by atoms with Crippen molar-refractivity contribution in [1.29, 1.82) is 0 Å². The SMILES string of the molecule is C#CC1CC(=O)N(C2CCCN(C(=O)OC(C)(C)C)C2)C1. The van der Waals surface area contributed by atoms with Gasteiger partial charge in [-0.15, -0.1) is 12.3 Å². The molecule has 0 N–H and O–H groups in total. The molecule has 0 bridgehead atoms. The van der Waals surface area contributed by atoms with Gasteiger partial charge in [-0.2, -0.15) is 0 Å². The number of carbonyl (C=O) groups excluding carboxylic acids is 2. The highest BCUT2D eigenvalue weighted by molar-refractivity contribution is 5.79. The van der Waals surface area contributed by atoms with Crippen LogP contribution in [0.1, 0.15) is 40.0 Å². The van der Waals surface area contributed by atoms with Crippen LogP contribution in [-0.4, -0.2) is 53.1 Å². The van der Waals surface area contributed by atoms with Gasteiger partial charge in [0.15, 0.2) is 0 Å². The average Bonchev–Trinajstić information content (AvgIpc) is 2.78. The Hall–Kier alpha value is -1.70. The number of nitrogens with zero attached hydrogens (tertiary/aromatic N) is 2. The highest BCUT2D eigenvalue weighted by Gasteiger charge is 2.37. The first kappa shape index (κ1) is 15.7. The molecule has 5 heteroatoms. The van der Waals surface area contributed by atoms with E-state index in [0.29, 0.717) is 26.1 Å². The minimum Gasteiger partial charge on any atom is -0.444 e. The molecule has 0 aromatic carbocycles. The molecule has 2 rings (SSSR count). The van der Waals surface area contributed by atoms with E-state index in [1.165, 1.54) is 0 Å². The predicted octanol–water partition coefficient (Wildman–Crippen LogP) is 1.87. The molecule has 5 nitrogen and oxygen atoms in total. The average molecular weight is 292 g/mol. The Balaban J connectivity index is 1.97. The van der Waals surface area contributed by atoms with E-state index in [-0.39, 0.29) is 24.0 Å². The van der Waals surface area contributed by atoms with Gasteiger partial charge in [0, 0.05) is 38.0 Å². The van der Waals surface area contributed by atoms with Crippen molar-refractivity contribution in [3.63, 3.8) is 0 Å². The summed E-state index contributed by atoms with van der Waals surface area (Å²) in [6.45, 7) is 7.40. The van der Waals surface area contributed by atoms with Crippen molar-refractivity contribution in [1.82, 2.24) is 9.80 Å². The first-order chi connectivity index (χ1) is 9.80. The number of ether oxygens (including phenoxy) is 1. The first-order valence-electron chi connectivity index (χ1n) is 7.53. The van der Waals surface area contributed by atoms with Crippen LogP contribution < -0.4 is 0 Å². The summed E-state index contributed by atoms with van der Waals surface area (Å²) in [5.74, 6) is 2.77. The molecule has 0 aromatic rings. The lowest BCUT2D eigenvalue weighted by Crippen LogP contribution is -2.51. The number of piperidine rings is 1. The third-order valence-corrected chi connectivity index (χ3v) is 3.88. The summed E-state index contributed by atoms with van der Waals surface area (Å²) in [5.41, 5.74) is -0.498. The zero-order chi connectivity index (χ0) is 15.6. The van der Waals surface area contributed by atoms with Gasteiger partial charge in [-0.05, 0) is 33.6 Å². The van der Waals surface area contributed by atoms with E-state index in [4.69, 9.17) is 11.2 Å². The lowest BCUT2D eigenvalue weighted by Gasteiger charge is -2.38. The maximum Gasteiger partial charge on any atom is 0.410 e. The van der Waals surface area contributed by atoms with E-state index >= 15 is 0 Å². The van der Waals surface area contributed by atoms with Gasteiger partial charge in [-0.25, -0.2) is 4.79 Å². The first-order valence-corrected chi connectivity index (χ1v) is 7.53. The molecule has 0 aliphatic carbocycles. The van der Waals surface area contributed by atoms with Crippen LogP contribution in [0.2, 0.25) is 0 Å². The van der Waals surface area contributed by atoms with Gasteiger partial charge < -0.3 is 14.5 Å². The van der Waals surface area contributed by atoms with Crippen molar-refractivity contribution < 1.29 is 14.3 Å². The largest absolute Gasteiger partial charge is 0.444 e. The van der Waals surface area contributed by atoms with Crippen LogP contribution >= 0.6 is 0 Å². The van der Waals surface area contributed by atoms with E-state index in [1.807, 2.05) is 25.7 Å².